The van der Waals surface area contributed by atoms with Gasteiger partial charge in [-0.25, -0.2) is 4.98 Å². The van der Waals surface area contributed by atoms with Crippen molar-refractivity contribution in [2.75, 3.05) is 0 Å². The highest BCUT2D eigenvalue weighted by Gasteiger charge is 2.30. The Morgan fingerprint density at radius 2 is 1.11 bits per heavy atom. The lowest BCUT2D eigenvalue weighted by atomic mass is 9.79. The molecule has 1 N–H and O–H groups in total. The van der Waals surface area contributed by atoms with Crippen molar-refractivity contribution in [3.05, 3.63) is 216 Å². The second-order valence-corrected chi connectivity index (χ2v) is 22.3. The van der Waals surface area contributed by atoms with Gasteiger partial charge in [-0.3, -0.25) is 9.55 Å². The van der Waals surface area contributed by atoms with E-state index >= 15 is 0 Å². The number of hydrogen-bond donors (Lipinski definition) is 1. The summed E-state index contributed by atoms with van der Waals surface area (Å²) in [6.07, 6.45) is -0.786. The first-order valence-corrected chi connectivity index (χ1v) is 25.0. The number of fused-ring (bicyclic) bond motifs is 1. The molecule has 2 aromatic heterocycles. The van der Waals surface area contributed by atoms with Crippen LogP contribution in [0.3, 0.4) is 0 Å². The van der Waals surface area contributed by atoms with Gasteiger partial charge in [0.2, 0.25) is 0 Å². The predicted molar refractivity (Wildman–Crippen MR) is 318 cm³/mol. The Morgan fingerprint density at radius 3 is 1.75 bits per heavy atom. The molecule has 8 aromatic carbocycles. The second-order valence-electron chi connectivity index (χ2n) is 22.3. The number of aromatic hydroxyl groups is 1. The van der Waals surface area contributed by atoms with Crippen LogP contribution in [-0.2, 0) is 21.7 Å². The molecule has 0 saturated carbocycles. The summed E-state index contributed by atoms with van der Waals surface area (Å²) in [4.78, 5) is 10.0. The minimum atomic E-state index is -3.96. The lowest BCUT2D eigenvalue weighted by Crippen LogP contribution is -2.17. The Morgan fingerprint density at radius 1 is 0.467 bits per heavy atom. The first kappa shape index (κ1) is 32.5. The third-order valence-electron chi connectivity index (χ3n) is 13.7. The summed E-state index contributed by atoms with van der Waals surface area (Å²) in [5.41, 5.74) is 0.743. The molecule has 4 heteroatoms. The van der Waals surface area contributed by atoms with E-state index < -0.39 is 103 Å². The molecule has 0 radical (unpaired) electrons. The van der Waals surface area contributed by atoms with Gasteiger partial charge in [0.25, 0.3) is 0 Å². The number of rotatable bonds is 8. The normalized spacial score (nSPS) is 16.7. The van der Waals surface area contributed by atoms with Gasteiger partial charge in [-0.2, -0.15) is 0 Å². The molecule has 0 aliphatic carbocycles. The smallest absolute Gasteiger partial charge is 0.149 e. The lowest BCUT2D eigenvalue weighted by Gasteiger charge is -2.28. The number of imidazole rings is 1. The molecule has 0 amide bonds. The summed E-state index contributed by atoms with van der Waals surface area (Å²) in [5.74, 6) is 0.216. The van der Waals surface area contributed by atoms with Crippen molar-refractivity contribution in [2.45, 2.75) is 111 Å². The first-order valence-electron chi connectivity index (χ1n) is 34.5. The Kier molecular flexibility index (Phi) is 8.29. The average molecular weight is 1000 g/mol. The summed E-state index contributed by atoms with van der Waals surface area (Å²) in [6, 6.07) is 38.3. The van der Waals surface area contributed by atoms with E-state index in [0.29, 0.717) is 66.8 Å². The van der Waals surface area contributed by atoms with Crippen LogP contribution in [-0.4, -0.2) is 19.6 Å². The van der Waals surface area contributed by atoms with Crippen molar-refractivity contribution in [1.82, 2.24) is 14.5 Å². The molecular formula is C71H71N3O. The topological polar surface area (TPSA) is 50.9 Å². The molecule has 75 heavy (non-hydrogen) atoms. The fourth-order valence-electron chi connectivity index (χ4n) is 9.50. The van der Waals surface area contributed by atoms with Crippen molar-refractivity contribution in [3.8, 4) is 89.7 Å². The number of pyridine rings is 1. The Balaban J connectivity index is 1.33. The van der Waals surface area contributed by atoms with E-state index in [-0.39, 0.29) is 33.8 Å². The van der Waals surface area contributed by atoms with E-state index in [9.17, 15) is 10.6 Å². The molecule has 0 aliphatic rings. The molecule has 0 spiro atoms. The molecule has 376 valence electrons. The zero-order valence-corrected chi connectivity index (χ0v) is 43.6. The highest BCUT2D eigenvalue weighted by atomic mass is 16.3. The van der Waals surface area contributed by atoms with Gasteiger partial charge in [0.1, 0.15) is 11.6 Å². The van der Waals surface area contributed by atoms with E-state index in [1.807, 2.05) is 141 Å². The summed E-state index contributed by atoms with van der Waals surface area (Å²) >= 11 is 0. The van der Waals surface area contributed by atoms with Crippen LogP contribution in [0.5, 0.6) is 5.75 Å². The quantitative estimate of drug-likeness (QED) is 0.165. The molecule has 0 saturated heterocycles. The van der Waals surface area contributed by atoms with Crippen molar-refractivity contribution in [2.24, 2.45) is 0 Å². The number of phenols is 1. The summed E-state index contributed by atoms with van der Waals surface area (Å²) in [7, 11) is 0. The van der Waals surface area contributed by atoms with Gasteiger partial charge in [0.15, 0.2) is 0 Å². The van der Waals surface area contributed by atoms with Gasteiger partial charge in [0, 0.05) is 44.9 Å². The second kappa shape index (κ2) is 19.1. The van der Waals surface area contributed by atoms with E-state index in [4.69, 9.17) is 25.5 Å². The Hall–Kier alpha value is -7.82. The van der Waals surface area contributed by atoms with Gasteiger partial charge in [-0.15, -0.1) is 0 Å². The van der Waals surface area contributed by atoms with E-state index in [2.05, 4.69) is 58.7 Å². The molecular weight excluding hydrogens is 911 g/mol. The maximum absolute atomic E-state index is 12.9. The van der Waals surface area contributed by atoms with Gasteiger partial charge in [-0.1, -0.05) is 210 Å². The number of phenolic OH excluding ortho intramolecular Hbond substituents is 1. The van der Waals surface area contributed by atoms with Crippen molar-refractivity contribution >= 4 is 11.0 Å². The summed E-state index contributed by atoms with van der Waals surface area (Å²) in [5, 5.41) is 12.9. The number of benzene rings is 8. The van der Waals surface area contributed by atoms with Gasteiger partial charge >= 0.3 is 0 Å². The van der Waals surface area contributed by atoms with Crippen LogP contribution in [0.1, 0.15) is 137 Å². The Labute approximate surface area is 472 Å². The fourth-order valence-corrected chi connectivity index (χ4v) is 9.50. The Bertz CT molecular complexity index is 4560. The monoisotopic (exact) mass is 1000 g/mol. The maximum Gasteiger partial charge on any atom is 0.149 e. The summed E-state index contributed by atoms with van der Waals surface area (Å²) in [6.45, 7) is 4.05. The number of nitrogens with zero attached hydrogens (tertiary/aromatic N) is 3. The minimum Gasteiger partial charge on any atom is -0.507 e. The number of hydrogen-bond acceptors (Lipinski definition) is 3. The van der Waals surface area contributed by atoms with E-state index in [1.54, 1.807) is 18.2 Å². The summed E-state index contributed by atoms with van der Waals surface area (Å²) < 4.78 is 170. The van der Waals surface area contributed by atoms with Crippen LogP contribution < -0.4 is 0 Å². The highest BCUT2D eigenvalue weighted by molar-refractivity contribution is 5.99. The van der Waals surface area contributed by atoms with E-state index in [0.717, 1.165) is 16.7 Å². The molecule has 0 fully saturated rings. The molecule has 0 unspecified atom stereocenters. The van der Waals surface area contributed by atoms with Crippen LogP contribution in [0.15, 0.2) is 188 Å². The highest BCUT2D eigenvalue weighted by Crippen LogP contribution is 2.47. The zero-order valence-electron chi connectivity index (χ0n) is 62.6. The molecule has 2 heterocycles. The van der Waals surface area contributed by atoms with Crippen LogP contribution in [0, 0.1) is 6.85 Å². The van der Waals surface area contributed by atoms with Crippen molar-refractivity contribution in [1.29, 1.82) is 0 Å². The standard InChI is InChI=1S/C71H71N3O/c1-45-37-64(59(44-58(45)48-23-18-15-19-24-48)49-29-33-55(34-30-49)69(5,6)7)74-63-26-20-25-57(65(63)73-67(74)60-42-56(70(8,9)10)43-61(66(60)75)71(11,12)13)52-38-51(46-21-16-14-17-22-46)39-53(40-52)62-41-50(35-36-72-62)47-27-31-54(32-28-47)68(2,3)4/h14-44,75H,1-13H3/i1D3,2D3,3D3,4D3,27D,28D,31D,32D,35D,36D,41D. The van der Waals surface area contributed by atoms with Gasteiger partial charge in [0.05, 0.1) is 37.6 Å². The van der Waals surface area contributed by atoms with Crippen molar-refractivity contribution in [3.63, 3.8) is 0 Å². The maximum atomic E-state index is 12.9. The molecule has 4 nitrogen and oxygen atoms in total. The third-order valence-corrected chi connectivity index (χ3v) is 13.7. The first-order chi connectivity index (χ1) is 43.4. The van der Waals surface area contributed by atoms with Crippen molar-refractivity contribution < 1.29 is 31.2 Å². The fraction of sp³-hybridized carbons (Fsp3) is 0.239. The molecule has 10 aromatic rings. The number of aryl methyl sites for hydroxylation is 1. The lowest BCUT2D eigenvalue weighted by molar-refractivity contribution is 0.446. The number of para-hydroxylation sites is 1. The van der Waals surface area contributed by atoms with Gasteiger partial charge in [-0.05, 0) is 150 Å². The SMILES string of the molecule is [2H]c1nc(-c2cc(-c3ccccc3)cc(-c3cccc4c3nc(-c3cc(C(C)(C)C)cc(C(C)(C)C)c3O)n4-c3cc(C([2H])([2H])[2H])c(-c4ccccc4)cc3-c3ccc(C(C)(C)C)cc3)c2)c([2H])c(-c2c([2H])c([2H])c(C(C([2H])([2H])[2H])(C([2H])([2H])[2H])C([2H])([2H])[2H])c([2H])c2[2H])c1[2H]. The predicted octanol–water partition coefficient (Wildman–Crippen LogP) is 19.3. The molecule has 0 aliphatic heterocycles. The largest absolute Gasteiger partial charge is 0.507 e. The third kappa shape index (κ3) is 10.1. The van der Waals surface area contributed by atoms with Crippen LogP contribution in [0.25, 0.3) is 95.0 Å². The number of aromatic nitrogens is 3. The zero-order chi connectivity index (χ0) is 69.3. The van der Waals surface area contributed by atoms with E-state index in [1.165, 1.54) is 0 Å². The average Bonchev–Trinajstić information content (AvgIpc) is 0.761. The molecule has 0 atom stereocenters. The minimum absolute atomic E-state index is 0.0450. The van der Waals surface area contributed by atoms with Gasteiger partial charge < -0.3 is 5.11 Å². The van der Waals surface area contributed by atoms with Crippen LogP contribution in [0.4, 0.5) is 0 Å². The molecule has 10 rings (SSSR count). The van der Waals surface area contributed by atoms with Crippen LogP contribution >= 0.6 is 0 Å². The van der Waals surface area contributed by atoms with Crippen LogP contribution in [0.2, 0.25) is 0 Å². The molecule has 0 bridgehead atoms.